The van der Waals surface area contributed by atoms with E-state index in [0.717, 1.165) is 25.2 Å². The molecule has 6 heteroatoms. The van der Waals surface area contributed by atoms with Crippen molar-refractivity contribution in [2.24, 2.45) is 0 Å². The van der Waals surface area contributed by atoms with E-state index in [-0.39, 0.29) is 11.6 Å². The van der Waals surface area contributed by atoms with Gasteiger partial charge >= 0.3 is 0 Å². The monoisotopic (exact) mass is 344 g/mol. The van der Waals surface area contributed by atoms with Crippen molar-refractivity contribution in [3.63, 3.8) is 0 Å². The van der Waals surface area contributed by atoms with Crippen LogP contribution in [0.25, 0.3) is 0 Å². The van der Waals surface area contributed by atoms with Gasteiger partial charge in [0.25, 0.3) is 5.56 Å². The van der Waals surface area contributed by atoms with Crippen LogP contribution in [0.2, 0.25) is 0 Å². The van der Waals surface area contributed by atoms with E-state index in [1.807, 2.05) is 13.8 Å². The van der Waals surface area contributed by atoms with Crippen LogP contribution in [0.15, 0.2) is 15.5 Å². The lowest BCUT2D eigenvalue weighted by atomic mass is 10.2. The normalized spacial score (nSPS) is 13.0. The van der Waals surface area contributed by atoms with Gasteiger partial charge in [-0.2, -0.15) is 5.10 Å². The van der Waals surface area contributed by atoms with Crippen LogP contribution >= 0.6 is 15.9 Å². The molecule has 0 spiro atoms. The van der Waals surface area contributed by atoms with Crippen molar-refractivity contribution >= 4 is 21.6 Å². The third kappa shape index (κ3) is 4.31. The van der Waals surface area contributed by atoms with Crippen molar-refractivity contribution < 1.29 is 0 Å². The molecule has 0 aliphatic rings. The highest BCUT2D eigenvalue weighted by Gasteiger charge is 2.11. The topological polar surface area (TPSA) is 50.2 Å². The van der Waals surface area contributed by atoms with E-state index in [1.54, 1.807) is 6.20 Å². The van der Waals surface area contributed by atoms with Crippen molar-refractivity contribution in [2.75, 3.05) is 25.5 Å². The zero-order valence-electron chi connectivity index (χ0n) is 13.0. The molecule has 114 valence electrons. The Morgan fingerprint density at radius 3 is 2.65 bits per heavy atom. The number of nitrogens with one attached hydrogen (secondary N) is 1. The molecule has 1 aromatic rings. The summed E-state index contributed by atoms with van der Waals surface area (Å²) >= 11 is 3.36. The Morgan fingerprint density at radius 2 is 2.10 bits per heavy atom. The highest BCUT2D eigenvalue weighted by Crippen LogP contribution is 2.16. The van der Waals surface area contributed by atoms with Crippen molar-refractivity contribution in [3.05, 3.63) is 21.0 Å². The molecule has 1 N–H and O–H groups in total. The molecule has 1 rings (SSSR count). The molecule has 0 radical (unpaired) electrons. The van der Waals surface area contributed by atoms with E-state index in [4.69, 9.17) is 0 Å². The summed E-state index contributed by atoms with van der Waals surface area (Å²) in [7, 11) is 2.11. The SMILES string of the molecule is CCC(C)N(C)CCNc1cnn(C(C)C)c(=O)c1Br. The minimum atomic E-state index is -0.0970. The Kier molecular flexibility index (Phi) is 6.68. The number of anilines is 1. The lowest BCUT2D eigenvalue weighted by Gasteiger charge is -2.23. The van der Waals surface area contributed by atoms with E-state index in [9.17, 15) is 4.79 Å². The standard InChI is InChI=1S/C14H25BrN4O/c1-6-11(4)18(5)8-7-16-12-9-17-19(10(2)3)14(20)13(12)15/h9-11,16H,6-8H2,1-5H3. The molecular weight excluding hydrogens is 320 g/mol. The Bertz CT molecular complexity index is 487. The van der Waals surface area contributed by atoms with E-state index < -0.39 is 0 Å². The zero-order chi connectivity index (χ0) is 15.3. The lowest BCUT2D eigenvalue weighted by molar-refractivity contribution is 0.261. The molecule has 20 heavy (non-hydrogen) atoms. The summed E-state index contributed by atoms with van der Waals surface area (Å²) in [6.07, 6.45) is 2.83. The molecule has 1 heterocycles. The maximum Gasteiger partial charge on any atom is 0.283 e. The largest absolute Gasteiger partial charge is 0.381 e. The van der Waals surface area contributed by atoms with Gasteiger partial charge in [-0.25, -0.2) is 4.68 Å². The lowest BCUT2D eigenvalue weighted by Crippen LogP contribution is -2.33. The minimum absolute atomic E-state index is 0.0596. The van der Waals surface area contributed by atoms with Gasteiger partial charge in [-0.05, 0) is 50.2 Å². The Balaban J connectivity index is 2.66. The molecule has 5 nitrogen and oxygen atoms in total. The molecule has 0 amide bonds. The summed E-state index contributed by atoms with van der Waals surface area (Å²) in [6, 6.07) is 0.622. The molecule has 0 bridgehead atoms. The number of aromatic nitrogens is 2. The molecule has 1 aromatic heterocycles. The number of halogens is 1. The van der Waals surface area contributed by atoms with Gasteiger partial charge in [-0.1, -0.05) is 6.92 Å². The first-order chi connectivity index (χ1) is 9.38. The Labute approximate surface area is 129 Å². The molecular formula is C14H25BrN4O. The van der Waals surface area contributed by atoms with Gasteiger partial charge in [-0.15, -0.1) is 0 Å². The molecule has 0 saturated carbocycles. The number of likely N-dealkylation sites (N-methyl/N-ethyl adjacent to an activating group) is 1. The molecule has 0 aliphatic carbocycles. The fourth-order valence-corrected chi connectivity index (χ4v) is 2.26. The molecule has 0 fully saturated rings. The van der Waals surface area contributed by atoms with E-state index >= 15 is 0 Å². The van der Waals surface area contributed by atoms with Crippen LogP contribution in [0.5, 0.6) is 0 Å². The summed E-state index contributed by atoms with van der Waals surface area (Å²) in [4.78, 5) is 14.4. The summed E-state index contributed by atoms with van der Waals surface area (Å²) < 4.78 is 2.02. The zero-order valence-corrected chi connectivity index (χ0v) is 14.6. The van der Waals surface area contributed by atoms with E-state index in [2.05, 4.69) is 52.1 Å². The van der Waals surface area contributed by atoms with Crippen molar-refractivity contribution in [2.45, 2.75) is 46.2 Å². The summed E-state index contributed by atoms with van der Waals surface area (Å²) in [5.41, 5.74) is 0.657. The van der Waals surface area contributed by atoms with Gasteiger partial charge in [0.05, 0.1) is 17.9 Å². The van der Waals surface area contributed by atoms with Crippen LogP contribution in [0, 0.1) is 0 Å². The summed E-state index contributed by atoms with van der Waals surface area (Å²) in [5, 5.41) is 7.45. The fraction of sp³-hybridized carbons (Fsp3) is 0.714. The van der Waals surface area contributed by atoms with Gasteiger partial charge in [0, 0.05) is 19.1 Å². The van der Waals surface area contributed by atoms with Crippen molar-refractivity contribution in [3.8, 4) is 0 Å². The first kappa shape index (κ1) is 17.2. The maximum absolute atomic E-state index is 12.1. The maximum atomic E-state index is 12.1. The number of rotatable bonds is 7. The average molecular weight is 345 g/mol. The second kappa shape index (κ2) is 7.78. The number of hydrogen-bond donors (Lipinski definition) is 1. The average Bonchev–Trinajstić information content (AvgIpc) is 2.42. The van der Waals surface area contributed by atoms with Crippen LogP contribution < -0.4 is 10.9 Å². The summed E-state index contributed by atoms with van der Waals surface area (Å²) in [5.74, 6) is 0. The smallest absolute Gasteiger partial charge is 0.283 e. The highest BCUT2D eigenvalue weighted by molar-refractivity contribution is 9.10. The number of nitrogens with zero attached hydrogens (tertiary/aromatic N) is 3. The van der Waals surface area contributed by atoms with Crippen LogP contribution in [-0.4, -0.2) is 40.9 Å². The minimum Gasteiger partial charge on any atom is -0.381 e. The van der Waals surface area contributed by atoms with Crippen molar-refractivity contribution in [1.82, 2.24) is 14.7 Å². The second-order valence-electron chi connectivity index (χ2n) is 5.38. The molecule has 0 aromatic carbocycles. The molecule has 0 aliphatic heterocycles. The van der Waals surface area contributed by atoms with Gasteiger partial charge < -0.3 is 10.2 Å². The first-order valence-corrected chi connectivity index (χ1v) is 7.89. The van der Waals surface area contributed by atoms with Crippen LogP contribution in [0.3, 0.4) is 0 Å². The highest BCUT2D eigenvalue weighted by atomic mass is 79.9. The molecule has 1 unspecified atom stereocenters. The Morgan fingerprint density at radius 1 is 1.45 bits per heavy atom. The van der Waals surface area contributed by atoms with E-state index in [1.165, 1.54) is 4.68 Å². The van der Waals surface area contributed by atoms with E-state index in [0.29, 0.717) is 10.5 Å². The van der Waals surface area contributed by atoms with Crippen molar-refractivity contribution in [1.29, 1.82) is 0 Å². The predicted octanol–water partition coefficient (Wildman–Crippen LogP) is 2.73. The van der Waals surface area contributed by atoms with Gasteiger partial charge in [0.2, 0.25) is 0 Å². The van der Waals surface area contributed by atoms with Crippen LogP contribution in [0.4, 0.5) is 5.69 Å². The number of hydrogen-bond acceptors (Lipinski definition) is 4. The second-order valence-corrected chi connectivity index (χ2v) is 6.17. The van der Waals surface area contributed by atoms with Crippen LogP contribution in [0.1, 0.15) is 40.2 Å². The Hall–Kier alpha value is -0.880. The third-order valence-corrected chi connectivity index (χ3v) is 4.32. The summed E-state index contributed by atoms with van der Waals surface area (Å²) in [6.45, 7) is 9.98. The van der Waals surface area contributed by atoms with Gasteiger partial charge in [-0.3, -0.25) is 4.79 Å². The third-order valence-electron chi connectivity index (χ3n) is 3.56. The van der Waals surface area contributed by atoms with Gasteiger partial charge in [0.15, 0.2) is 0 Å². The predicted molar refractivity (Wildman–Crippen MR) is 87.5 cm³/mol. The quantitative estimate of drug-likeness (QED) is 0.826. The fourth-order valence-electron chi connectivity index (χ4n) is 1.83. The first-order valence-electron chi connectivity index (χ1n) is 7.09. The van der Waals surface area contributed by atoms with Crippen LogP contribution in [-0.2, 0) is 0 Å². The molecule has 0 saturated heterocycles. The van der Waals surface area contributed by atoms with Gasteiger partial charge in [0.1, 0.15) is 4.47 Å². The molecule has 1 atom stereocenters.